The van der Waals surface area contributed by atoms with Crippen LogP contribution in [0.1, 0.15) is 53.0 Å². The van der Waals surface area contributed by atoms with Crippen molar-refractivity contribution < 1.29 is 43.2 Å². The summed E-state index contributed by atoms with van der Waals surface area (Å²) in [5.74, 6) is -1.30. The van der Waals surface area contributed by atoms with Gasteiger partial charge in [-0.1, -0.05) is 56.2 Å². The van der Waals surface area contributed by atoms with Crippen LogP contribution in [0.2, 0.25) is 5.02 Å². The number of methoxy groups -OCH3 is 2. The summed E-state index contributed by atoms with van der Waals surface area (Å²) < 4.78 is 28.8. The molecule has 0 saturated carbocycles. The molecule has 7 atom stereocenters. The van der Waals surface area contributed by atoms with E-state index in [1.807, 2.05) is 32.1 Å². The first-order valence-corrected chi connectivity index (χ1v) is 15.1. The number of esters is 1. The van der Waals surface area contributed by atoms with Gasteiger partial charge in [-0.05, 0) is 38.0 Å². The van der Waals surface area contributed by atoms with Crippen LogP contribution in [0.5, 0.6) is 5.75 Å². The third-order valence-corrected chi connectivity index (χ3v) is 9.06. The molecule has 3 aliphatic heterocycles. The molecular formula is C32H43ClN2O9. The second-order valence-corrected chi connectivity index (χ2v) is 12.8. The van der Waals surface area contributed by atoms with Gasteiger partial charge in [-0.2, -0.15) is 0 Å². The molecule has 3 heterocycles. The Bertz CT molecular complexity index is 1350. The molecule has 1 unspecified atom stereocenters. The number of nitrogens with zero attached hydrogens (tertiary/aromatic N) is 1. The summed E-state index contributed by atoms with van der Waals surface area (Å²) in [5.41, 5.74) is -0.587. The molecule has 2 amide bonds. The van der Waals surface area contributed by atoms with Crippen LogP contribution in [-0.2, 0) is 35.0 Å². The van der Waals surface area contributed by atoms with E-state index >= 15 is 0 Å². The molecule has 44 heavy (non-hydrogen) atoms. The van der Waals surface area contributed by atoms with Gasteiger partial charge in [-0.25, -0.2) is 4.79 Å². The van der Waals surface area contributed by atoms with E-state index in [4.69, 9.17) is 35.3 Å². The van der Waals surface area contributed by atoms with Crippen LogP contribution < -0.4 is 15.0 Å². The number of hydrogen-bond donors (Lipinski definition) is 2. The minimum Gasteiger partial charge on any atom is -0.495 e. The Morgan fingerprint density at radius 1 is 1.25 bits per heavy atom. The molecule has 2 saturated heterocycles. The first-order chi connectivity index (χ1) is 20.6. The Labute approximate surface area is 263 Å². The van der Waals surface area contributed by atoms with Crippen molar-refractivity contribution in [2.75, 3.05) is 26.2 Å². The topological polar surface area (TPSA) is 136 Å². The molecule has 0 radical (unpaired) electrons. The number of carbonyl (C=O) groups excluding carboxylic acids is 3. The molecular weight excluding hydrogens is 592 g/mol. The molecule has 3 aliphatic rings. The molecule has 4 rings (SSSR count). The minimum absolute atomic E-state index is 0.00361. The molecule has 2 fully saturated rings. The van der Waals surface area contributed by atoms with Crippen molar-refractivity contribution in [3.05, 3.63) is 46.5 Å². The zero-order valence-electron chi connectivity index (χ0n) is 26.5. The van der Waals surface area contributed by atoms with E-state index < -0.39 is 59.6 Å². The van der Waals surface area contributed by atoms with Gasteiger partial charge in [0, 0.05) is 26.5 Å². The van der Waals surface area contributed by atoms with Crippen molar-refractivity contribution in [3.63, 3.8) is 0 Å². The molecule has 4 bridgehead atoms. The van der Waals surface area contributed by atoms with Crippen molar-refractivity contribution in [2.45, 2.75) is 89.6 Å². The molecule has 2 N–H and O–H groups in total. The number of allylic oxidation sites excluding steroid dienone is 3. The number of hydrogen-bond acceptors (Lipinski definition) is 9. The summed E-state index contributed by atoms with van der Waals surface area (Å²) in [6, 6.07) is 3.63. The highest BCUT2D eigenvalue weighted by atomic mass is 35.5. The number of rotatable bonds is 4. The quantitative estimate of drug-likeness (QED) is 0.366. The number of aliphatic hydroxyl groups is 1. The fourth-order valence-corrected chi connectivity index (χ4v) is 6.19. The smallest absolute Gasteiger partial charge is 0.409 e. The van der Waals surface area contributed by atoms with E-state index in [-0.39, 0.29) is 23.8 Å². The highest BCUT2D eigenvalue weighted by Crippen LogP contribution is 2.49. The maximum atomic E-state index is 13.8. The summed E-state index contributed by atoms with van der Waals surface area (Å²) >= 11 is 6.68. The van der Waals surface area contributed by atoms with Crippen molar-refractivity contribution in [1.29, 1.82) is 0 Å². The van der Waals surface area contributed by atoms with Gasteiger partial charge >= 0.3 is 12.1 Å². The number of epoxide rings is 1. The van der Waals surface area contributed by atoms with E-state index in [2.05, 4.69) is 5.32 Å². The van der Waals surface area contributed by atoms with E-state index in [1.54, 1.807) is 40.0 Å². The van der Waals surface area contributed by atoms with Gasteiger partial charge in [-0.3, -0.25) is 14.9 Å². The number of nitrogens with one attached hydrogen (secondary N) is 1. The predicted octanol–water partition coefficient (Wildman–Crippen LogP) is 4.32. The number of alkyl carbamates (subject to hydrolysis) is 1. The van der Waals surface area contributed by atoms with Gasteiger partial charge < -0.3 is 33.7 Å². The molecule has 0 aromatic heterocycles. The zero-order valence-corrected chi connectivity index (χ0v) is 27.3. The van der Waals surface area contributed by atoms with Crippen molar-refractivity contribution in [2.24, 2.45) is 11.8 Å². The molecule has 0 spiro atoms. The summed E-state index contributed by atoms with van der Waals surface area (Å²) in [4.78, 5) is 40.7. The van der Waals surface area contributed by atoms with Gasteiger partial charge in [-0.15, -0.1) is 0 Å². The van der Waals surface area contributed by atoms with E-state index in [9.17, 15) is 19.5 Å². The van der Waals surface area contributed by atoms with Crippen molar-refractivity contribution in [3.8, 4) is 5.75 Å². The van der Waals surface area contributed by atoms with E-state index in [1.165, 1.54) is 19.1 Å². The number of carbonyl (C=O) groups is 3. The summed E-state index contributed by atoms with van der Waals surface area (Å²) in [6.45, 7) is 8.95. The Hall–Kier alpha value is -3.12. The lowest BCUT2D eigenvalue weighted by molar-refractivity contribution is -0.157. The Kier molecular flexibility index (Phi) is 10.0. The lowest BCUT2D eigenvalue weighted by Crippen LogP contribution is -2.63. The van der Waals surface area contributed by atoms with Crippen LogP contribution in [0.25, 0.3) is 0 Å². The number of ether oxygens (including phenoxy) is 5. The Morgan fingerprint density at radius 2 is 1.95 bits per heavy atom. The highest BCUT2D eigenvalue weighted by molar-refractivity contribution is 6.35. The largest absolute Gasteiger partial charge is 0.495 e. The SMILES string of the molecule is COc1cc2cc(c1Cl)N(C)C(=O)CC(OC(=O)C(C)C)[C@]1(C)O[C@H]1[C@H](C)[C@@H]1C[C@@](O)(NC(=O)O1)[C@H](OC)/C=C/C=C(/C)C2. The van der Waals surface area contributed by atoms with E-state index in [0.29, 0.717) is 17.9 Å². The second-order valence-electron chi connectivity index (χ2n) is 12.4. The number of amides is 2. The van der Waals surface area contributed by atoms with Crippen LogP contribution in [0.4, 0.5) is 10.5 Å². The molecule has 242 valence electrons. The predicted molar refractivity (Wildman–Crippen MR) is 164 cm³/mol. The zero-order chi connectivity index (χ0) is 32.6. The minimum atomic E-state index is -1.77. The summed E-state index contributed by atoms with van der Waals surface area (Å²) in [6.07, 6.45) is 1.65. The lowest BCUT2D eigenvalue weighted by Gasteiger charge is -2.42. The van der Waals surface area contributed by atoms with Crippen molar-refractivity contribution in [1.82, 2.24) is 5.32 Å². The maximum absolute atomic E-state index is 13.8. The van der Waals surface area contributed by atoms with Crippen LogP contribution in [0.3, 0.4) is 0 Å². The van der Waals surface area contributed by atoms with Gasteiger partial charge in [0.2, 0.25) is 5.91 Å². The summed E-state index contributed by atoms with van der Waals surface area (Å²) in [7, 11) is 4.56. The van der Waals surface area contributed by atoms with Crippen LogP contribution in [0.15, 0.2) is 35.9 Å². The number of fused-ring (bicyclic) bond motifs is 5. The average molecular weight is 635 g/mol. The third kappa shape index (κ3) is 6.91. The van der Waals surface area contributed by atoms with Gasteiger partial charge in [0.05, 0.1) is 31.2 Å². The second kappa shape index (κ2) is 13.1. The molecule has 11 nitrogen and oxygen atoms in total. The molecule has 12 heteroatoms. The maximum Gasteiger partial charge on any atom is 0.409 e. The highest BCUT2D eigenvalue weighted by Gasteiger charge is 2.64. The third-order valence-electron chi connectivity index (χ3n) is 8.68. The monoisotopic (exact) mass is 634 g/mol. The number of anilines is 1. The van der Waals surface area contributed by atoms with Crippen LogP contribution >= 0.6 is 11.6 Å². The van der Waals surface area contributed by atoms with Gasteiger partial charge in [0.15, 0.2) is 5.72 Å². The first-order valence-electron chi connectivity index (χ1n) is 14.7. The fourth-order valence-electron chi connectivity index (χ4n) is 5.88. The average Bonchev–Trinajstić information content (AvgIpc) is 3.66. The lowest BCUT2D eigenvalue weighted by atomic mass is 9.83. The molecule has 1 aromatic rings. The Balaban J connectivity index is 1.80. The summed E-state index contributed by atoms with van der Waals surface area (Å²) in [5, 5.41) is 14.4. The van der Waals surface area contributed by atoms with Gasteiger partial charge in [0.1, 0.15) is 34.7 Å². The van der Waals surface area contributed by atoms with Gasteiger partial charge in [0.25, 0.3) is 0 Å². The fraction of sp³-hybridized carbons (Fsp3) is 0.594. The normalized spacial score (nSPS) is 34.7. The van der Waals surface area contributed by atoms with Crippen molar-refractivity contribution >= 4 is 35.3 Å². The number of halogens is 1. The molecule has 1 aromatic carbocycles. The standard InChI is InChI=1S/C32H43ClN2O9/c1-17(2)29(37)43-25-15-26(36)35(6)21-13-20(14-22(40-7)27(21)33)12-18(3)10-9-11-24(41-8)32(39)16-23(42-30(38)34-32)19(4)28-31(25,5)44-28/h9-11,13-14,17,19,23-25,28,39H,12,15-16H2,1-8H3,(H,34,38)/b11-9+,18-10-/t19-,23+,24-,25?,28+,31+,32+/m1/s1. The Morgan fingerprint density at radius 3 is 2.59 bits per heavy atom. The van der Waals surface area contributed by atoms with Crippen LogP contribution in [0, 0.1) is 11.8 Å². The van der Waals surface area contributed by atoms with E-state index in [0.717, 1.165) is 11.1 Å². The molecule has 0 aliphatic carbocycles. The van der Waals surface area contributed by atoms with Crippen LogP contribution in [-0.4, -0.2) is 80.1 Å². The number of benzene rings is 1. The first kappa shape index (κ1) is 33.8.